The van der Waals surface area contributed by atoms with Crippen LogP contribution in [0.25, 0.3) is 0 Å². The minimum absolute atomic E-state index is 0.0496. The van der Waals surface area contributed by atoms with Crippen molar-refractivity contribution in [3.05, 3.63) is 34.9 Å². The highest BCUT2D eigenvalue weighted by molar-refractivity contribution is 6.31. The molecule has 0 aromatic heterocycles. The van der Waals surface area contributed by atoms with Crippen LogP contribution in [0.2, 0.25) is 5.02 Å². The summed E-state index contributed by atoms with van der Waals surface area (Å²) in [5.74, 6) is 0.0665. The zero-order valence-corrected chi connectivity index (χ0v) is 11.9. The van der Waals surface area contributed by atoms with Crippen LogP contribution in [0.3, 0.4) is 0 Å². The maximum absolute atomic E-state index is 12.1. The molecular weight excluding hydrogens is 264 g/mol. The number of benzene rings is 1. The summed E-state index contributed by atoms with van der Waals surface area (Å²) in [5.41, 5.74) is 0.946. The monoisotopic (exact) mass is 283 g/mol. The first kappa shape index (κ1) is 14.3. The Labute approximate surface area is 118 Å². The molecule has 5 heteroatoms. The van der Waals surface area contributed by atoms with Gasteiger partial charge in [0.15, 0.2) is 6.04 Å². The minimum atomic E-state index is -0.0496. The SMILES string of the molecule is C[C@H](C(=O)NCc1ccccc1Cl)[NH+]1CCOCC1. The zero-order chi connectivity index (χ0) is 13.7. The van der Waals surface area contributed by atoms with E-state index in [9.17, 15) is 4.79 Å². The molecular formula is C14H20ClN2O2+. The van der Waals surface area contributed by atoms with Gasteiger partial charge in [-0.3, -0.25) is 4.79 Å². The highest BCUT2D eigenvalue weighted by Gasteiger charge is 2.26. The highest BCUT2D eigenvalue weighted by atomic mass is 35.5. The maximum Gasteiger partial charge on any atom is 0.278 e. The standard InChI is InChI=1S/C14H19ClN2O2/c1-11(17-6-8-19-9-7-17)14(18)16-10-12-4-2-3-5-13(12)15/h2-5,11H,6-10H2,1H3,(H,16,18)/p+1/t11-/m1/s1. The van der Waals surface area contributed by atoms with Crippen LogP contribution in [-0.2, 0) is 16.1 Å². The van der Waals surface area contributed by atoms with E-state index >= 15 is 0 Å². The van der Waals surface area contributed by atoms with Crippen LogP contribution in [-0.4, -0.2) is 38.3 Å². The van der Waals surface area contributed by atoms with Crippen molar-refractivity contribution in [2.75, 3.05) is 26.3 Å². The second-order valence-electron chi connectivity index (χ2n) is 4.80. The van der Waals surface area contributed by atoms with Crippen molar-refractivity contribution in [1.82, 2.24) is 5.32 Å². The van der Waals surface area contributed by atoms with Crippen molar-refractivity contribution in [3.63, 3.8) is 0 Å². The van der Waals surface area contributed by atoms with Crippen molar-refractivity contribution < 1.29 is 14.4 Å². The van der Waals surface area contributed by atoms with E-state index in [2.05, 4.69) is 5.32 Å². The fourth-order valence-corrected chi connectivity index (χ4v) is 2.43. The van der Waals surface area contributed by atoms with Gasteiger partial charge in [0.25, 0.3) is 5.91 Å². The van der Waals surface area contributed by atoms with Crippen LogP contribution in [0.15, 0.2) is 24.3 Å². The Morgan fingerprint density at radius 3 is 2.79 bits per heavy atom. The molecule has 1 aromatic carbocycles. The predicted molar refractivity (Wildman–Crippen MR) is 74.3 cm³/mol. The molecule has 1 fully saturated rings. The smallest absolute Gasteiger partial charge is 0.278 e. The summed E-state index contributed by atoms with van der Waals surface area (Å²) in [7, 11) is 0. The number of hydrogen-bond donors (Lipinski definition) is 2. The summed E-state index contributed by atoms with van der Waals surface area (Å²) in [6.45, 7) is 5.69. The average molecular weight is 284 g/mol. The number of hydrogen-bond acceptors (Lipinski definition) is 2. The van der Waals surface area contributed by atoms with Gasteiger partial charge in [-0.2, -0.15) is 0 Å². The Morgan fingerprint density at radius 1 is 1.42 bits per heavy atom. The topological polar surface area (TPSA) is 42.8 Å². The fourth-order valence-electron chi connectivity index (χ4n) is 2.23. The Morgan fingerprint density at radius 2 is 2.11 bits per heavy atom. The molecule has 1 aliphatic rings. The second kappa shape index (κ2) is 6.89. The van der Waals surface area contributed by atoms with Gasteiger partial charge in [-0.05, 0) is 18.6 Å². The number of nitrogens with one attached hydrogen (secondary N) is 2. The van der Waals surface area contributed by atoms with Gasteiger partial charge in [-0.25, -0.2) is 0 Å². The third-order valence-electron chi connectivity index (χ3n) is 3.55. The van der Waals surface area contributed by atoms with Crippen LogP contribution in [0, 0.1) is 0 Å². The lowest BCUT2D eigenvalue weighted by Gasteiger charge is -2.28. The molecule has 1 heterocycles. The highest BCUT2D eigenvalue weighted by Crippen LogP contribution is 2.14. The summed E-state index contributed by atoms with van der Waals surface area (Å²) in [5, 5.41) is 3.64. The number of carbonyl (C=O) groups is 1. The van der Waals surface area contributed by atoms with Gasteiger partial charge < -0.3 is 15.0 Å². The minimum Gasteiger partial charge on any atom is -0.370 e. The van der Waals surface area contributed by atoms with E-state index in [4.69, 9.17) is 16.3 Å². The first-order valence-electron chi connectivity index (χ1n) is 6.62. The van der Waals surface area contributed by atoms with E-state index in [1.54, 1.807) is 0 Å². The molecule has 0 aliphatic carbocycles. The number of amides is 1. The Hall–Kier alpha value is -1.10. The largest absolute Gasteiger partial charge is 0.370 e. The van der Waals surface area contributed by atoms with Crippen molar-refractivity contribution in [3.8, 4) is 0 Å². The van der Waals surface area contributed by atoms with Gasteiger partial charge in [0.05, 0.1) is 13.2 Å². The van der Waals surface area contributed by atoms with Crippen molar-refractivity contribution in [2.24, 2.45) is 0 Å². The van der Waals surface area contributed by atoms with E-state index in [1.807, 2.05) is 31.2 Å². The molecule has 0 spiro atoms. The molecule has 1 aliphatic heterocycles. The third-order valence-corrected chi connectivity index (χ3v) is 3.92. The van der Waals surface area contributed by atoms with E-state index < -0.39 is 0 Å². The average Bonchev–Trinajstić information content (AvgIpc) is 2.46. The number of halogens is 1. The molecule has 0 saturated carbocycles. The van der Waals surface area contributed by atoms with Crippen LogP contribution in [0.5, 0.6) is 0 Å². The number of ether oxygens (including phenoxy) is 1. The number of quaternary nitrogens is 1. The molecule has 19 heavy (non-hydrogen) atoms. The summed E-state index contributed by atoms with van der Waals surface area (Å²) in [6, 6.07) is 7.51. The van der Waals surface area contributed by atoms with Crippen LogP contribution < -0.4 is 10.2 Å². The van der Waals surface area contributed by atoms with E-state index in [-0.39, 0.29) is 11.9 Å². The third kappa shape index (κ3) is 3.93. The van der Waals surface area contributed by atoms with Gasteiger partial charge in [-0.15, -0.1) is 0 Å². The molecule has 1 amide bonds. The molecule has 1 saturated heterocycles. The molecule has 0 radical (unpaired) electrons. The fraction of sp³-hybridized carbons (Fsp3) is 0.500. The van der Waals surface area contributed by atoms with Crippen LogP contribution in [0.4, 0.5) is 0 Å². The zero-order valence-electron chi connectivity index (χ0n) is 11.1. The normalized spacial score (nSPS) is 18.0. The van der Waals surface area contributed by atoms with E-state index in [1.165, 1.54) is 4.90 Å². The van der Waals surface area contributed by atoms with Crippen molar-refractivity contribution in [1.29, 1.82) is 0 Å². The van der Waals surface area contributed by atoms with E-state index in [0.29, 0.717) is 11.6 Å². The number of morpholine rings is 1. The molecule has 4 nitrogen and oxygen atoms in total. The lowest BCUT2D eigenvalue weighted by molar-refractivity contribution is -0.921. The van der Waals surface area contributed by atoms with Gasteiger partial charge in [0, 0.05) is 11.6 Å². The lowest BCUT2D eigenvalue weighted by Crippen LogP contribution is -3.18. The summed E-state index contributed by atoms with van der Waals surface area (Å²) in [4.78, 5) is 13.4. The Balaban J connectivity index is 1.85. The van der Waals surface area contributed by atoms with Gasteiger partial charge in [0.2, 0.25) is 0 Å². The molecule has 2 rings (SSSR count). The molecule has 1 atom stereocenters. The Kier molecular flexibility index (Phi) is 5.19. The van der Waals surface area contributed by atoms with Crippen molar-refractivity contribution >= 4 is 17.5 Å². The number of carbonyl (C=O) groups excluding carboxylic acids is 1. The van der Waals surface area contributed by atoms with Crippen LogP contribution >= 0.6 is 11.6 Å². The van der Waals surface area contributed by atoms with Gasteiger partial charge in [0.1, 0.15) is 13.1 Å². The summed E-state index contributed by atoms with van der Waals surface area (Å²) in [6.07, 6.45) is 0. The molecule has 0 unspecified atom stereocenters. The molecule has 1 aromatic rings. The first-order chi connectivity index (χ1) is 9.18. The second-order valence-corrected chi connectivity index (χ2v) is 5.21. The van der Waals surface area contributed by atoms with Gasteiger partial charge >= 0.3 is 0 Å². The lowest BCUT2D eigenvalue weighted by atomic mass is 10.2. The molecule has 2 N–H and O–H groups in total. The van der Waals surface area contributed by atoms with E-state index in [0.717, 1.165) is 31.9 Å². The quantitative estimate of drug-likeness (QED) is 0.832. The Bertz CT molecular complexity index is 433. The maximum atomic E-state index is 12.1. The molecule has 0 bridgehead atoms. The first-order valence-corrected chi connectivity index (χ1v) is 6.99. The van der Waals surface area contributed by atoms with Crippen LogP contribution in [0.1, 0.15) is 12.5 Å². The summed E-state index contributed by atoms with van der Waals surface area (Å²) >= 11 is 6.06. The van der Waals surface area contributed by atoms with Crippen molar-refractivity contribution in [2.45, 2.75) is 19.5 Å². The molecule has 104 valence electrons. The summed E-state index contributed by atoms with van der Waals surface area (Å²) < 4.78 is 5.30. The predicted octanol–water partition coefficient (Wildman–Crippen LogP) is 0.260. The van der Waals surface area contributed by atoms with Gasteiger partial charge in [-0.1, -0.05) is 29.8 Å². The number of rotatable bonds is 4.